The van der Waals surface area contributed by atoms with Gasteiger partial charge in [0, 0.05) is 38.3 Å². The number of nitrogens with one attached hydrogen (secondary N) is 2. The van der Waals surface area contributed by atoms with E-state index in [0.29, 0.717) is 36.8 Å². The molecule has 0 saturated carbocycles. The van der Waals surface area contributed by atoms with E-state index in [9.17, 15) is 9.59 Å². The van der Waals surface area contributed by atoms with Gasteiger partial charge in [0.05, 0.1) is 11.7 Å². The normalized spacial score (nSPS) is 22.7. The van der Waals surface area contributed by atoms with Crippen LogP contribution < -0.4 is 20.1 Å². The van der Waals surface area contributed by atoms with Crippen LogP contribution in [0.5, 0.6) is 11.5 Å². The van der Waals surface area contributed by atoms with Crippen molar-refractivity contribution in [2.45, 2.75) is 44.3 Å². The van der Waals surface area contributed by atoms with E-state index in [0.717, 1.165) is 25.7 Å². The van der Waals surface area contributed by atoms with Crippen LogP contribution in [0.3, 0.4) is 0 Å². The summed E-state index contributed by atoms with van der Waals surface area (Å²) in [5.41, 5.74) is 0.538. The molecule has 2 saturated heterocycles. The van der Waals surface area contributed by atoms with Gasteiger partial charge in [-0.05, 0) is 37.8 Å². The molecule has 2 fully saturated rings. The van der Waals surface area contributed by atoms with Crippen molar-refractivity contribution in [3.05, 3.63) is 18.2 Å². The molecule has 1 atom stereocenters. The number of benzene rings is 1. The molecule has 3 aliphatic rings. The molecule has 4 rings (SSSR count). The standard InChI is InChI=1S/C19H25N3O5/c1-13(23)20-11-15-4-5-19(27-15)6-8-22(9-7-19)18(24)21-14-2-3-16-17(10-14)26-12-25-16/h2-3,10,15H,4-9,11-12H2,1H3,(H,20,23)(H,21,24)/t15-/m1/s1. The van der Waals surface area contributed by atoms with E-state index < -0.39 is 0 Å². The largest absolute Gasteiger partial charge is 0.454 e. The van der Waals surface area contributed by atoms with Crippen LogP contribution in [0.15, 0.2) is 18.2 Å². The highest BCUT2D eigenvalue weighted by Gasteiger charge is 2.43. The number of carbonyl (C=O) groups is 2. The van der Waals surface area contributed by atoms with Crippen LogP contribution in [0, 0.1) is 0 Å². The number of piperidine rings is 1. The highest BCUT2D eigenvalue weighted by molar-refractivity contribution is 5.89. The van der Waals surface area contributed by atoms with Crippen molar-refractivity contribution >= 4 is 17.6 Å². The Morgan fingerprint density at radius 3 is 2.74 bits per heavy atom. The Kier molecular flexibility index (Phi) is 4.82. The van der Waals surface area contributed by atoms with E-state index in [1.165, 1.54) is 6.92 Å². The molecular formula is C19H25N3O5. The first-order valence-corrected chi connectivity index (χ1v) is 9.41. The van der Waals surface area contributed by atoms with Gasteiger partial charge in [0.15, 0.2) is 11.5 Å². The number of nitrogens with zero attached hydrogens (tertiary/aromatic N) is 1. The molecule has 1 spiro atoms. The summed E-state index contributed by atoms with van der Waals surface area (Å²) in [6.07, 6.45) is 3.64. The summed E-state index contributed by atoms with van der Waals surface area (Å²) in [6.45, 7) is 3.60. The summed E-state index contributed by atoms with van der Waals surface area (Å²) in [5, 5.41) is 5.75. The Morgan fingerprint density at radius 2 is 1.96 bits per heavy atom. The van der Waals surface area contributed by atoms with Crippen LogP contribution in [-0.2, 0) is 9.53 Å². The summed E-state index contributed by atoms with van der Waals surface area (Å²) >= 11 is 0. The molecule has 146 valence electrons. The van der Waals surface area contributed by atoms with Crippen LogP contribution in [0.4, 0.5) is 10.5 Å². The van der Waals surface area contributed by atoms with Gasteiger partial charge in [-0.15, -0.1) is 0 Å². The van der Waals surface area contributed by atoms with Gasteiger partial charge in [0.2, 0.25) is 12.7 Å². The molecule has 8 heteroatoms. The number of anilines is 1. The zero-order chi connectivity index (χ0) is 18.9. The first-order valence-electron chi connectivity index (χ1n) is 9.41. The molecule has 1 aromatic carbocycles. The zero-order valence-corrected chi connectivity index (χ0v) is 15.5. The molecular weight excluding hydrogens is 350 g/mol. The number of ether oxygens (including phenoxy) is 3. The number of amides is 3. The van der Waals surface area contributed by atoms with Crippen molar-refractivity contribution in [2.24, 2.45) is 0 Å². The van der Waals surface area contributed by atoms with Crippen LogP contribution >= 0.6 is 0 Å². The van der Waals surface area contributed by atoms with Gasteiger partial charge in [0.1, 0.15) is 0 Å². The van der Waals surface area contributed by atoms with Gasteiger partial charge in [-0.1, -0.05) is 0 Å². The first-order chi connectivity index (χ1) is 13.0. The topological polar surface area (TPSA) is 89.1 Å². The number of rotatable bonds is 3. The summed E-state index contributed by atoms with van der Waals surface area (Å²) in [7, 11) is 0. The SMILES string of the molecule is CC(=O)NC[C@H]1CCC2(CCN(C(=O)Nc3ccc4c(c3)OCO4)CC2)O1. The van der Waals surface area contributed by atoms with Gasteiger partial charge in [-0.25, -0.2) is 4.79 Å². The van der Waals surface area contributed by atoms with E-state index in [1.54, 1.807) is 12.1 Å². The minimum absolute atomic E-state index is 0.0328. The summed E-state index contributed by atoms with van der Waals surface area (Å²) in [4.78, 5) is 25.5. The molecule has 1 aromatic rings. The van der Waals surface area contributed by atoms with E-state index in [4.69, 9.17) is 14.2 Å². The lowest BCUT2D eigenvalue weighted by atomic mass is 9.88. The lowest BCUT2D eigenvalue weighted by Crippen LogP contribution is -2.48. The van der Waals surface area contributed by atoms with Crippen molar-refractivity contribution in [1.82, 2.24) is 10.2 Å². The number of fused-ring (bicyclic) bond motifs is 1. The molecule has 0 radical (unpaired) electrons. The molecule has 0 unspecified atom stereocenters. The molecule has 3 amide bonds. The second kappa shape index (κ2) is 7.26. The maximum absolute atomic E-state index is 12.6. The first kappa shape index (κ1) is 17.9. The minimum Gasteiger partial charge on any atom is -0.454 e. The zero-order valence-electron chi connectivity index (χ0n) is 15.5. The number of likely N-dealkylation sites (tertiary alicyclic amines) is 1. The molecule has 3 heterocycles. The molecule has 27 heavy (non-hydrogen) atoms. The van der Waals surface area contributed by atoms with Gasteiger partial charge in [-0.2, -0.15) is 0 Å². The second-order valence-electron chi connectivity index (χ2n) is 7.38. The van der Waals surface area contributed by atoms with E-state index in [2.05, 4.69) is 10.6 Å². The van der Waals surface area contributed by atoms with E-state index in [1.807, 2.05) is 11.0 Å². The fourth-order valence-electron chi connectivity index (χ4n) is 3.96. The molecule has 2 N–H and O–H groups in total. The molecule has 0 aromatic heterocycles. The maximum Gasteiger partial charge on any atom is 0.321 e. The molecule has 8 nitrogen and oxygen atoms in total. The van der Waals surface area contributed by atoms with E-state index >= 15 is 0 Å². The molecule has 0 aliphatic carbocycles. The van der Waals surface area contributed by atoms with Crippen molar-refractivity contribution < 1.29 is 23.8 Å². The Morgan fingerprint density at radius 1 is 1.19 bits per heavy atom. The van der Waals surface area contributed by atoms with Crippen LogP contribution in [0.2, 0.25) is 0 Å². The summed E-state index contributed by atoms with van der Waals surface area (Å²) < 4.78 is 16.9. The third-order valence-corrected chi connectivity index (χ3v) is 5.50. The number of hydrogen-bond acceptors (Lipinski definition) is 5. The number of urea groups is 1. The lowest BCUT2D eigenvalue weighted by Gasteiger charge is -2.39. The Bertz CT molecular complexity index is 730. The van der Waals surface area contributed by atoms with E-state index in [-0.39, 0.29) is 30.4 Å². The quantitative estimate of drug-likeness (QED) is 0.845. The van der Waals surface area contributed by atoms with Gasteiger partial charge >= 0.3 is 6.03 Å². The lowest BCUT2D eigenvalue weighted by molar-refractivity contribution is -0.120. The van der Waals surface area contributed by atoms with Gasteiger partial charge in [0.25, 0.3) is 0 Å². The fourth-order valence-corrected chi connectivity index (χ4v) is 3.96. The predicted octanol–water partition coefficient (Wildman–Crippen LogP) is 2.10. The van der Waals surface area contributed by atoms with Crippen LogP contribution in [0.1, 0.15) is 32.6 Å². The van der Waals surface area contributed by atoms with Gasteiger partial charge < -0.3 is 29.7 Å². The third kappa shape index (κ3) is 3.95. The summed E-state index contributed by atoms with van der Waals surface area (Å²) in [6, 6.07) is 5.27. The Labute approximate surface area is 158 Å². The molecule has 0 bridgehead atoms. The second-order valence-corrected chi connectivity index (χ2v) is 7.38. The third-order valence-electron chi connectivity index (χ3n) is 5.50. The van der Waals surface area contributed by atoms with Crippen LogP contribution in [0.25, 0.3) is 0 Å². The van der Waals surface area contributed by atoms with Crippen molar-refractivity contribution in [2.75, 3.05) is 31.7 Å². The highest BCUT2D eigenvalue weighted by Crippen LogP contribution is 2.39. The van der Waals surface area contributed by atoms with Crippen molar-refractivity contribution in [3.8, 4) is 11.5 Å². The average Bonchev–Trinajstić information content (AvgIpc) is 3.27. The Balaban J connectivity index is 1.28. The predicted molar refractivity (Wildman–Crippen MR) is 97.9 cm³/mol. The average molecular weight is 375 g/mol. The highest BCUT2D eigenvalue weighted by atomic mass is 16.7. The smallest absolute Gasteiger partial charge is 0.321 e. The number of hydrogen-bond donors (Lipinski definition) is 2. The Hall–Kier alpha value is -2.48. The monoisotopic (exact) mass is 375 g/mol. The van der Waals surface area contributed by atoms with Gasteiger partial charge in [-0.3, -0.25) is 4.79 Å². The maximum atomic E-state index is 12.6. The van der Waals surface area contributed by atoms with Crippen molar-refractivity contribution in [1.29, 1.82) is 0 Å². The summed E-state index contributed by atoms with van der Waals surface area (Å²) in [5.74, 6) is 1.31. The molecule has 3 aliphatic heterocycles. The fraction of sp³-hybridized carbons (Fsp3) is 0.579. The van der Waals surface area contributed by atoms with Crippen molar-refractivity contribution in [3.63, 3.8) is 0 Å². The number of carbonyl (C=O) groups excluding carboxylic acids is 2. The minimum atomic E-state index is -0.154. The van der Waals surface area contributed by atoms with Crippen LogP contribution in [-0.4, -0.2) is 55.0 Å².